The molecule has 7 heteroatoms. The number of aryl methyl sites for hydroxylation is 1. The molecule has 188 valence electrons. The first-order valence-electron chi connectivity index (χ1n) is 12.7. The van der Waals surface area contributed by atoms with Gasteiger partial charge in [-0.3, -0.25) is 4.79 Å². The van der Waals surface area contributed by atoms with Gasteiger partial charge in [-0.1, -0.05) is 56.8 Å². The highest BCUT2D eigenvalue weighted by atomic mass is 16.5. The number of benzene rings is 1. The van der Waals surface area contributed by atoms with Gasteiger partial charge in [-0.15, -0.1) is 0 Å². The van der Waals surface area contributed by atoms with Crippen molar-refractivity contribution in [3.05, 3.63) is 70.4 Å². The van der Waals surface area contributed by atoms with Crippen LogP contribution in [-0.2, 0) is 4.79 Å². The summed E-state index contributed by atoms with van der Waals surface area (Å²) in [7, 11) is 0. The number of hydrogen-bond donors (Lipinski definition) is 2. The lowest BCUT2D eigenvalue weighted by molar-refractivity contribution is -0.140. The van der Waals surface area contributed by atoms with Crippen molar-refractivity contribution >= 4 is 22.4 Å². The van der Waals surface area contributed by atoms with E-state index >= 15 is 0 Å². The first-order valence-corrected chi connectivity index (χ1v) is 12.7. The summed E-state index contributed by atoms with van der Waals surface area (Å²) in [5.41, 5.74) is 0.635. The van der Waals surface area contributed by atoms with Crippen molar-refractivity contribution in [2.45, 2.75) is 64.4 Å². The standard InChI is InChI=1S/C29H32N2O5/c1-17(2)25(23-12-10-20-9-6-14-35-26(20)23)29(34,16-19-7-4-5-8-19)28(33)30-21-11-13-22-24(15-21)18(3)31-36-27(22)32/h6,9-15,17,19,25,34H,4-5,7-8,16H2,1-3H3,(H,30,33). The van der Waals surface area contributed by atoms with Crippen molar-refractivity contribution in [1.29, 1.82) is 0 Å². The van der Waals surface area contributed by atoms with Crippen LogP contribution in [-0.4, -0.2) is 21.8 Å². The highest BCUT2D eigenvalue weighted by molar-refractivity contribution is 6.00. The Bertz CT molecular complexity index is 1410. The molecule has 36 heavy (non-hydrogen) atoms. The molecule has 1 saturated carbocycles. The summed E-state index contributed by atoms with van der Waals surface area (Å²) in [6, 6.07) is 12.7. The van der Waals surface area contributed by atoms with Crippen LogP contribution in [0.15, 0.2) is 62.5 Å². The molecule has 1 fully saturated rings. The Kier molecular flexibility index (Phi) is 6.43. The molecule has 2 aromatic rings. The van der Waals surface area contributed by atoms with Gasteiger partial charge in [0.25, 0.3) is 5.91 Å². The summed E-state index contributed by atoms with van der Waals surface area (Å²) in [4.78, 5) is 26.1. The molecule has 5 rings (SSSR count). The average molecular weight is 489 g/mol. The van der Waals surface area contributed by atoms with E-state index in [1.807, 2.05) is 38.1 Å². The molecule has 3 aliphatic rings. The molecule has 0 saturated heterocycles. The molecule has 1 amide bonds. The smallest absolute Gasteiger partial charge is 0.366 e. The Labute approximate surface area is 209 Å². The third-order valence-corrected chi connectivity index (χ3v) is 7.64. The molecule has 7 nitrogen and oxygen atoms in total. The van der Waals surface area contributed by atoms with Gasteiger partial charge in [0, 0.05) is 28.1 Å². The van der Waals surface area contributed by atoms with Gasteiger partial charge >= 0.3 is 5.63 Å². The van der Waals surface area contributed by atoms with E-state index in [1.54, 1.807) is 31.4 Å². The van der Waals surface area contributed by atoms with Crippen LogP contribution in [0, 0.1) is 18.8 Å². The predicted octanol–water partition coefficient (Wildman–Crippen LogP) is 5.88. The van der Waals surface area contributed by atoms with E-state index in [-0.39, 0.29) is 11.8 Å². The van der Waals surface area contributed by atoms with Crippen molar-refractivity contribution in [2.24, 2.45) is 11.8 Å². The lowest BCUT2D eigenvalue weighted by Gasteiger charge is -2.39. The van der Waals surface area contributed by atoms with Crippen LogP contribution in [0.1, 0.15) is 63.1 Å². The maximum Gasteiger partial charge on any atom is 0.366 e. The molecular formula is C29H32N2O5. The number of hydrogen-bond acceptors (Lipinski definition) is 6. The normalized spacial score (nSPS) is 17.0. The zero-order valence-corrected chi connectivity index (χ0v) is 20.9. The fourth-order valence-corrected chi connectivity index (χ4v) is 5.99. The van der Waals surface area contributed by atoms with Crippen molar-refractivity contribution in [2.75, 3.05) is 5.32 Å². The van der Waals surface area contributed by atoms with Crippen LogP contribution in [0.4, 0.5) is 5.69 Å². The number of nitrogens with one attached hydrogen (secondary N) is 1. The largest absolute Gasteiger partial charge is 0.464 e. The van der Waals surface area contributed by atoms with Gasteiger partial charge in [-0.05, 0) is 55.5 Å². The number of fused-ring (bicyclic) bond motifs is 2. The monoisotopic (exact) mass is 488 g/mol. The van der Waals surface area contributed by atoms with Crippen molar-refractivity contribution in [3.8, 4) is 11.3 Å². The Hall–Kier alpha value is -3.45. The molecule has 0 radical (unpaired) electrons. The highest BCUT2D eigenvalue weighted by Crippen LogP contribution is 2.47. The van der Waals surface area contributed by atoms with Crippen LogP contribution in [0.5, 0.6) is 0 Å². The third kappa shape index (κ3) is 4.32. The number of aliphatic hydroxyl groups is 1. The van der Waals surface area contributed by atoms with Crippen molar-refractivity contribution in [3.63, 3.8) is 0 Å². The zero-order chi connectivity index (χ0) is 25.4. The second-order valence-corrected chi connectivity index (χ2v) is 10.5. The molecule has 2 aliphatic carbocycles. The van der Waals surface area contributed by atoms with Crippen LogP contribution < -0.4 is 10.9 Å². The summed E-state index contributed by atoms with van der Waals surface area (Å²) in [6.07, 6.45) is 6.23. The lowest BCUT2D eigenvalue weighted by Crippen LogP contribution is -2.50. The maximum atomic E-state index is 14.0. The first-order chi connectivity index (χ1) is 17.3. The SMILES string of the molecule is Cc1noc(=O)c2ccc(NC(=O)C(O)(CC3CCCC3)C(c3ccc4cccoc3-4)C(C)C)cc12. The number of carbonyl (C=O) groups excluding carboxylic acids is 1. The third-order valence-electron chi connectivity index (χ3n) is 7.64. The lowest BCUT2D eigenvalue weighted by atomic mass is 9.70. The van der Waals surface area contributed by atoms with Crippen LogP contribution in [0.3, 0.4) is 0 Å². The minimum atomic E-state index is -1.66. The van der Waals surface area contributed by atoms with Crippen molar-refractivity contribution < 1.29 is 18.8 Å². The van der Waals surface area contributed by atoms with E-state index in [0.717, 1.165) is 36.8 Å². The Morgan fingerprint density at radius 3 is 2.69 bits per heavy atom. The van der Waals surface area contributed by atoms with Crippen LogP contribution in [0.25, 0.3) is 22.1 Å². The van der Waals surface area contributed by atoms with Gasteiger partial charge in [0.05, 0.1) is 17.3 Å². The quantitative estimate of drug-likeness (QED) is 0.336. The molecule has 2 unspecified atom stereocenters. The topological polar surface area (TPSA) is 106 Å². The minimum absolute atomic E-state index is 0.0316. The van der Waals surface area contributed by atoms with Crippen LogP contribution >= 0.6 is 0 Å². The number of amides is 1. The van der Waals surface area contributed by atoms with E-state index in [9.17, 15) is 14.7 Å². The molecule has 1 aromatic carbocycles. The van der Waals surface area contributed by atoms with Gasteiger partial charge in [-0.2, -0.15) is 0 Å². The average Bonchev–Trinajstić information content (AvgIpc) is 3.52. The Balaban J connectivity index is 1.55. The van der Waals surface area contributed by atoms with Gasteiger partial charge in [0.1, 0.15) is 5.76 Å². The molecule has 1 aromatic heterocycles. The van der Waals surface area contributed by atoms with Gasteiger partial charge < -0.3 is 19.4 Å². The number of rotatable bonds is 7. The summed E-state index contributed by atoms with van der Waals surface area (Å²) < 4.78 is 10.7. The van der Waals surface area contributed by atoms with Crippen LogP contribution in [0.2, 0.25) is 0 Å². The molecular weight excluding hydrogens is 456 g/mol. The summed E-state index contributed by atoms with van der Waals surface area (Å²) in [5.74, 6) is 0.0145. The summed E-state index contributed by atoms with van der Waals surface area (Å²) in [5, 5.41) is 20.1. The minimum Gasteiger partial charge on any atom is -0.464 e. The molecule has 1 aliphatic heterocycles. The summed E-state index contributed by atoms with van der Waals surface area (Å²) >= 11 is 0. The molecule has 2 N–H and O–H groups in total. The zero-order valence-electron chi connectivity index (χ0n) is 20.9. The number of aromatic nitrogens is 1. The van der Waals surface area contributed by atoms with E-state index < -0.39 is 23.1 Å². The number of nitrogens with zero attached hydrogens (tertiary/aromatic N) is 1. The van der Waals surface area contributed by atoms with Gasteiger partial charge in [0.2, 0.25) is 0 Å². The van der Waals surface area contributed by atoms with E-state index in [0.29, 0.717) is 34.3 Å². The Morgan fingerprint density at radius 2 is 1.94 bits per heavy atom. The van der Waals surface area contributed by atoms with Crippen molar-refractivity contribution in [1.82, 2.24) is 5.16 Å². The first kappa shape index (κ1) is 24.3. The van der Waals surface area contributed by atoms with Gasteiger partial charge in [0.15, 0.2) is 5.60 Å². The van der Waals surface area contributed by atoms with E-state index in [2.05, 4.69) is 10.5 Å². The summed E-state index contributed by atoms with van der Waals surface area (Å²) in [6.45, 7) is 5.81. The second kappa shape index (κ2) is 9.54. The predicted molar refractivity (Wildman–Crippen MR) is 138 cm³/mol. The maximum absolute atomic E-state index is 14.0. The number of anilines is 1. The van der Waals surface area contributed by atoms with E-state index in [1.165, 1.54) is 0 Å². The number of carbonyl (C=O) groups is 1. The second-order valence-electron chi connectivity index (χ2n) is 10.5. The molecule has 2 heterocycles. The fraction of sp³-hybridized carbons (Fsp3) is 0.414. The Morgan fingerprint density at radius 1 is 1.17 bits per heavy atom. The fourth-order valence-electron chi connectivity index (χ4n) is 5.99. The van der Waals surface area contributed by atoms with E-state index in [4.69, 9.17) is 8.94 Å². The van der Waals surface area contributed by atoms with Gasteiger partial charge in [-0.25, -0.2) is 4.79 Å². The molecule has 0 spiro atoms. The highest BCUT2D eigenvalue weighted by Gasteiger charge is 2.49. The molecule has 0 bridgehead atoms. The molecule has 2 atom stereocenters.